The van der Waals surface area contributed by atoms with Gasteiger partial charge < -0.3 is 14.4 Å². The predicted octanol–water partition coefficient (Wildman–Crippen LogP) is 2.38. The van der Waals surface area contributed by atoms with Crippen LogP contribution in [0.1, 0.15) is 5.56 Å². The molecule has 1 aromatic heterocycles. The normalized spacial score (nSPS) is 15.3. The number of likely N-dealkylation sites (N-methyl/N-ethyl adjacent to an activating group) is 1. The van der Waals surface area contributed by atoms with E-state index in [-0.39, 0.29) is 16.7 Å². The Balaban J connectivity index is 1.53. The quantitative estimate of drug-likeness (QED) is 0.569. The molecule has 0 saturated carbocycles. The summed E-state index contributed by atoms with van der Waals surface area (Å²) in [5, 5.41) is 0. The Morgan fingerprint density at radius 1 is 1.10 bits per heavy atom. The van der Waals surface area contributed by atoms with Crippen molar-refractivity contribution in [1.82, 2.24) is 14.1 Å². The molecule has 0 spiro atoms. The number of amides is 1. The zero-order valence-electron chi connectivity index (χ0n) is 17.7. The number of halogens is 1. The van der Waals surface area contributed by atoms with E-state index >= 15 is 0 Å². The summed E-state index contributed by atoms with van der Waals surface area (Å²) in [6, 6.07) is 8.82. The van der Waals surface area contributed by atoms with Crippen LogP contribution in [0.3, 0.4) is 0 Å². The molecule has 11 heteroatoms. The number of thiophene rings is 1. The van der Waals surface area contributed by atoms with E-state index in [1.54, 1.807) is 19.1 Å². The van der Waals surface area contributed by atoms with Gasteiger partial charge in [-0.3, -0.25) is 9.69 Å². The molecule has 1 aliphatic rings. The van der Waals surface area contributed by atoms with Gasteiger partial charge in [0.25, 0.3) is 10.0 Å². The molecule has 2 heterocycles. The number of benzene rings is 1. The zero-order valence-corrected chi connectivity index (χ0v) is 20.1. The van der Waals surface area contributed by atoms with E-state index in [1.807, 2.05) is 18.2 Å². The van der Waals surface area contributed by atoms with Gasteiger partial charge in [0.2, 0.25) is 5.91 Å². The number of carbonyl (C=O) groups is 1. The SMILES string of the molecule is COc1ccc(CN2CCN(C(=O)CN(C)S(=O)(=O)c3ccc(Cl)s3)CC2)cc1OC. The highest BCUT2D eigenvalue weighted by molar-refractivity contribution is 7.91. The first-order valence-corrected chi connectivity index (χ1v) is 12.3. The highest BCUT2D eigenvalue weighted by Gasteiger charge is 2.28. The van der Waals surface area contributed by atoms with Gasteiger partial charge in [0.05, 0.1) is 25.1 Å². The molecule has 0 bridgehead atoms. The van der Waals surface area contributed by atoms with Crippen LogP contribution in [-0.2, 0) is 21.4 Å². The number of carbonyl (C=O) groups excluding carboxylic acids is 1. The fraction of sp³-hybridized carbons (Fsp3) is 0.450. The van der Waals surface area contributed by atoms with Gasteiger partial charge in [-0.1, -0.05) is 17.7 Å². The van der Waals surface area contributed by atoms with Gasteiger partial charge in [-0.15, -0.1) is 11.3 Å². The Labute approximate surface area is 192 Å². The van der Waals surface area contributed by atoms with E-state index in [0.29, 0.717) is 42.0 Å². The smallest absolute Gasteiger partial charge is 0.252 e. The topological polar surface area (TPSA) is 79.4 Å². The lowest BCUT2D eigenvalue weighted by Gasteiger charge is -2.35. The molecule has 8 nitrogen and oxygen atoms in total. The Morgan fingerprint density at radius 2 is 1.77 bits per heavy atom. The molecule has 1 fully saturated rings. The number of ether oxygens (including phenoxy) is 2. The molecule has 2 aromatic rings. The molecule has 0 N–H and O–H groups in total. The van der Waals surface area contributed by atoms with E-state index in [0.717, 1.165) is 27.8 Å². The van der Waals surface area contributed by atoms with Crippen LogP contribution >= 0.6 is 22.9 Å². The molecule has 0 aliphatic carbocycles. The van der Waals surface area contributed by atoms with Gasteiger partial charge >= 0.3 is 0 Å². The molecular formula is C20H26ClN3O5S2. The monoisotopic (exact) mass is 487 g/mol. The maximum Gasteiger partial charge on any atom is 0.252 e. The first-order chi connectivity index (χ1) is 14.7. The van der Waals surface area contributed by atoms with Crippen LogP contribution in [0.25, 0.3) is 0 Å². The molecule has 170 valence electrons. The Kier molecular flexibility index (Phi) is 7.82. The summed E-state index contributed by atoms with van der Waals surface area (Å²) in [6.45, 7) is 3.03. The number of hydrogen-bond donors (Lipinski definition) is 0. The largest absolute Gasteiger partial charge is 0.493 e. The van der Waals surface area contributed by atoms with Gasteiger partial charge in [-0.25, -0.2) is 8.42 Å². The number of sulfonamides is 1. The van der Waals surface area contributed by atoms with Crippen LogP contribution in [-0.4, -0.2) is 82.4 Å². The third kappa shape index (κ3) is 5.69. The maximum absolute atomic E-state index is 12.7. The molecular weight excluding hydrogens is 462 g/mol. The number of piperazine rings is 1. The highest BCUT2D eigenvalue weighted by Crippen LogP contribution is 2.29. The van der Waals surface area contributed by atoms with Crippen LogP contribution in [0, 0.1) is 0 Å². The molecule has 0 unspecified atom stereocenters. The highest BCUT2D eigenvalue weighted by atomic mass is 35.5. The van der Waals surface area contributed by atoms with Gasteiger partial charge in [0.1, 0.15) is 4.21 Å². The lowest BCUT2D eigenvalue weighted by Crippen LogP contribution is -2.51. The summed E-state index contributed by atoms with van der Waals surface area (Å²) in [5.41, 5.74) is 1.10. The van der Waals surface area contributed by atoms with Crippen LogP contribution in [0.4, 0.5) is 0 Å². The molecule has 3 rings (SSSR count). The molecule has 1 saturated heterocycles. The first kappa shape index (κ1) is 23.8. The minimum absolute atomic E-state index is 0.132. The van der Waals surface area contributed by atoms with E-state index in [9.17, 15) is 13.2 Å². The van der Waals surface area contributed by atoms with Crippen LogP contribution in [0.15, 0.2) is 34.5 Å². The molecule has 1 aliphatic heterocycles. The van der Waals surface area contributed by atoms with Crippen molar-refractivity contribution in [1.29, 1.82) is 0 Å². The number of hydrogen-bond acceptors (Lipinski definition) is 7. The summed E-state index contributed by atoms with van der Waals surface area (Å²) in [6.07, 6.45) is 0. The molecule has 1 amide bonds. The zero-order chi connectivity index (χ0) is 22.6. The fourth-order valence-corrected chi connectivity index (χ4v) is 6.17. The summed E-state index contributed by atoms with van der Waals surface area (Å²) in [5.74, 6) is 1.16. The minimum Gasteiger partial charge on any atom is -0.493 e. The average molecular weight is 488 g/mol. The van der Waals surface area contributed by atoms with E-state index < -0.39 is 10.0 Å². The van der Waals surface area contributed by atoms with Crippen LogP contribution in [0.5, 0.6) is 11.5 Å². The van der Waals surface area contributed by atoms with Gasteiger partial charge in [0.15, 0.2) is 11.5 Å². The van der Waals surface area contributed by atoms with Crippen molar-refractivity contribution in [3.63, 3.8) is 0 Å². The standard InChI is InChI=1S/C20H26ClN3O5S2/c1-22(31(26,27)20-7-6-18(21)30-20)14-19(25)24-10-8-23(9-11-24)13-15-4-5-16(28-2)17(12-15)29-3/h4-7,12H,8-11,13-14H2,1-3H3. The fourth-order valence-electron chi connectivity index (χ4n) is 3.36. The summed E-state index contributed by atoms with van der Waals surface area (Å²) in [4.78, 5) is 16.6. The lowest BCUT2D eigenvalue weighted by atomic mass is 10.1. The van der Waals surface area contributed by atoms with Crippen molar-refractivity contribution in [2.24, 2.45) is 0 Å². The average Bonchev–Trinajstić information content (AvgIpc) is 3.21. The van der Waals surface area contributed by atoms with Crippen molar-refractivity contribution in [3.8, 4) is 11.5 Å². The second-order valence-electron chi connectivity index (χ2n) is 7.17. The summed E-state index contributed by atoms with van der Waals surface area (Å²) >= 11 is 6.82. The van der Waals surface area contributed by atoms with Crippen molar-refractivity contribution in [3.05, 3.63) is 40.2 Å². The summed E-state index contributed by atoms with van der Waals surface area (Å²) < 4.78 is 37.4. The van der Waals surface area contributed by atoms with E-state index in [4.69, 9.17) is 21.1 Å². The first-order valence-electron chi connectivity index (χ1n) is 9.67. The molecule has 31 heavy (non-hydrogen) atoms. The van der Waals surface area contributed by atoms with Crippen LogP contribution < -0.4 is 9.47 Å². The molecule has 0 radical (unpaired) electrons. The Bertz CT molecular complexity index is 1020. The third-order valence-corrected chi connectivity index (χ3v) is 8.65. The van der Waals surface area contributed by atoms with Crippen molar-refractivity contribution >= 4 is 38.9 Å². The second-order valence-corrected chi connectivity index (χ2v) is 11.2. The molecule has 0 atom stereocenters. The third-order valence-electron chi connectivity index (χ3n) is 5.15. The number of nitrogens with zero attached hydrogens (tertiary/aromatic N) is 3. The Hall–Kier alpha value is -1.85. The van der Waals surface area contributed by atoms with Gasteiger partial charge in [0, 0.05) is 39.8 Å². The molecule has 1 aromatic carbocycles. The lowest BCUT2D eigenvalue weighted by molar-refractivity contribution is -0.133. The summed E-state index contributed by atoms with van der Waals surface area (Å²) in [7, 11) is 0.893. The van der Waals surface area contributed by atoms with Gasteiger partial charge in [-0.2, -0.15) is 4.31 Å². The minimum atomic E-state index is -3.73. The van der Waals surface area contributed by atoms with Crippen LogP contribution in [0.2, 0.25) is 4.34 Å². The number of methoxy groups -OCH3 is 2. The van der Waals surface area contributed by atoms with E-state index in [2.05, 4.69) is 4.90 Å². The van der Waals surface area contributed by atoms with Crippen molar-refractivity contribution in [2.45, 2.75) is 10.8 Å². The Morgan fingerprint density at radius 3 is 2.35 bits per heavy atom. The van der Waals surface area contributed by atoms with Gasteiger partial charge in [-0.05, 0) is 29.8 Å². The van der Waals surface area contributed by atoms with Crippen molar-refractivity contribution in [2.75, 3.05) is 54.0 Å². The predicted molar refractivity (Wildman–Crippen MR) is 121 cm³/mol. The van der Waals surface area contributed by atoms with E-state index in [1.165, 1.54) is 19.2 Å². The van der Waals surface area contributed by atoms with Crippen molar-refractivity contribution < 1.29 is 22.7 Å². The maximum atomic E-state index is 12.7. The second kappa shape index (κ2) is 10.2. The number of rotatable bonds is 8.